The molecule has 2 aromatic heterocycles. The fourth-order valence-electron chi connectivity index (χ4n) is 5.09. The minimum absolute atomic E-state index is 0.0235. The Morgan fingerprint density at radius 1 is 1.08 bits per heavy atom. The monoisotopic (exact) mass is 520 g/mol. The second-order valence-electron chi connectivity index (χ2n) is 8.94. The van der Waals surface area contributed by atoms with Gasteiger partial charge in [-0.1, -0.05) is 23.8 Å². The highest BCUT2D eigenvalue weighted by Crippen LogP contribution is 2.47. The predicted octanol–water partition coefficient (Wildman–Crippen LogP) is 4.37. The third-order valence-electron chi connectivity index (χ3n) is 6.89. The molecule has 0 N–H and O–H groups in total. The number of hydrogen-bond acceptors (Lipinski definition) is 6. The van der Waals surface area contributed by atoms with Gasteiger partial charge in [0.2, 0.25) is 15.8 Å². The summed E-state index contributed by atoms with van der Waals surface area (Å²) < 4.78 is 43.6. The zero-order chi connectivity index (χ0) is 24.9. The van der Waals surface area contributed by atoms with E-state index in [4.69, 9.17) is 0 Å². The molecule has 1 fully saturated rings. The van der Waals surface area contributed by atoms with Crippen LogP contribution in [-0.4, -0.2) is 46.4 Å². The summed E-state index contributed by atoms with van der Waals surface area (Å²) in [5, 5.41) is 6.62. The van der Waals surface area contributed by atoms with Crippen LogP contribution in [-0.2, 0) is 16.4 Å². The number of fused-ring (bicyclic) bond motifs is 2. The molecule has 0 saturated carbocycles. The standard InChI is InChI=1S/C26H21FN4O3S2/c27-20-6-8-21(9-7-20)31-23-14-19-10-12-30(36(33,34)22-4-2-1-3-5-22)17-26(19,15-18(23)16-29-31)24(32)25-28-11-13-35-25/h1-9,11,13-14,16H,10,12,15,17H2. The largest absolute Gasteiger partial charge is 0.290 e. The Bertz CT molecular complexity index is 1580. The molecule has 1 aliphatic heterocycles. The average molecular weight is 521 g/mol. The smallest absolute Gasteiger partial charge is 0.243 e. The van der Waals surface area contributed by atoms with E-state index in [0.717, 1.165) is 16.8 Å². The minimum Gasteiger partial charge on any atom is -0.290 e. The predicted molar refractivity (Wildman–Crippen MR) is 134 cm³/mol. The van der Waals surface area contributed by atoms with Gasteiger partial charge in [-0.2, -0.15) is 9.40 Å². The summed E-state index contributed by atoms with van der Waals surface area (Å²) in [7, 11) is -3.79. The molecule has 3 heterocycles. The van der Waals surface area contributed by atoms with E-state index >= 15 is 0 Å². The van der Waals surface area contributed by atoms with Crippen molar-refractivity contribution in [3.8, 4) is 5.69 Å². The molecule has 1 unspecified atom stereocenters. The Kier molecular flexibility index (Phi) is 5.47. The van der Waals surface area contributed by atoms with E-state index in [0.29, 0.717) is 23.5 Å². The van der Waals surface area contributed by atoms with Crippen molar-refractivity contribution in [3.63, 3.8) is 0 Å². The lowest BCUT2D eigenvalue weighted by molar-refractivity contribution is 0.0775. The number of nitrogens with zero attached hydrogens (tertiary/aromatic N) is 4. The first-order chi connectivity index (χ1) is 17.4. The van der Waals surface area contributed by atoms with Crippen LogP contribution in [0.3, 0.4) is 0 Å². The van der Waals surface area contributed by atoms with Crippen LogP contribution in [0, 0.1) is 11.2 Å². The molecule has 2 aromatic carbocycles. The van der Waals surface area contributed by atoms with Gasteiger partial charge in [0.25, 0.3) is 0 Å². The molecule has 2 aliphatic rings. The molecule has 0 spiro atoms. The maximum atomic E-state index is 14.0. The number of Topliss-reactive ketones (excluding diaryl/α,β-unsaturated/α-hetero) is 1. The molecular formula is C26H21FN4O3S2. The quantitative estimate of drug-likeness (QED) is 0.365. The summed E-state index contributed by atoms with van der Waals surface area (Å²) in [6, 6.07) is 14.3. The van der Waals surface area contributed by atoms with Crippen molar-refractivity contribution in [3.05, 3.63) is 100 Å². The van der Waals surface area contributed by atoms with Crippen molar-refractivity contribution in [1.82, 2.24) is 19.1 Å². The van der Waals surface area contributed by atoms with E-state index in [1.165, 1.54) is 27.8 Å². The maximum Gasteiger partial charge on any atom is 0.243 e. The van der Waals surface area contributed by atoms with E-state index in [9.17, 15) is 17.6 Å². The highest BCUT2D eigenvalue weighted by Gasteiger charge is 2.51. The number of piperidine rings is 1. The number of rotatable bonds is 5. The van der Waals surface area contributed by atoms with E-state index in [1.54, 1.807) is 64.9 Å². The number of benzene rings is 2. The summed E-state index contributed by atoms with van der Waals surface area (Å²) >= 11 is 1.25. The molecule has 4 aromatic rings. The number of sulfonamides is 1. The maximum absolute atomic E-state index is 14.0. The van der Waals surface area contributed by atoms with Crippen LogP contribution in [0.15, 0.2) is 82.8 Å². The fourth-order valence-corrected chi connectivity index (χ4v) is 7.29. The number of halogens is 1. The topological polar surface area (TPSA) is 85.2 Å². The molecule has 1 saturated heterocycles. The van der Waals surface area contributed by atoms with Gasteiger partial charge < -0.3 is 0 Å². The molecule has 0 amide bonds. The molecule has 182 valence electrons. The van der Waals surface area contributed by atoms with E-state index in [-0.39, 0.29) is 29.6 Å². The Hall–Kier alpha value is -3.47. The van der Waals surface area contributed by atoms with Gasteiger partial charge in [0.05, 0.1) is 27.9 Å². The summed E-state index contributed by atoms with van der Waals surface area (Å²) in [5.41, 5.74) is 2.13. The van der Waals surface area contributed by atoms with Gasteiger partial charge in [-0.05, 0) is 60.9 Å². The van der Waals surface area contributed by atoms with Crippen molar-refractivity contribution in [2.75, 3.05) is 13.1 Å². The van der Waals surface area contributed by atoms with Crippen molar-refractivity contribution < 1.29 is 17.6 Å². The molecular weight excluding hydrogens is 499 g/mol. The summed E-state index contributed by atoms with van der Waals surface area (Å²) in [4.78, 5) is 18.4. The number of thiazole rings is 1. The third-order valence-corrected chi connectivity index (χ3v) is 9.53. The Labute approximate surface area is 211 Å². The molecule has 0 radical (unpaired) electrons. The summed E-state index contributed by atoms with van der Waals surface area (Å²) in [6.07, 6.45) is 5.94. The second-order valence-corrected chi connectivity index (χ2v) is 11.8. The molecule has 7 nitrogen and oxygen atoms in total. The zero-order valence-electron chi connectivity index (χ0n) is 19.0. The molecule has 1 aliphatic carbocycles. The van der Waals surface area contributed by atoms with Crippen molar-refractivity contribution >= 4 is 33.2 Å². The third kappa shape index (κ3) is 3.64. The SMILES string of the molecule is O=C(c1nccs1)C12Cc3cnn(-c4ccc(F)cc4)c3C=C1CCN(S(=O)(=O)c1ccccc1)C2. The normalized spacial score (nSPS) is 19.9. The number of ketones is 1. The Balaban J connectivity index is 1.45. The van der Waals surface area contributed by atoms with Crippen LogP contribution >= 0.6 is 11.3 Å². The van der Waals surface area contributed by atoms with Gasteiger partial charge >= 0.3 is 0 Å². The highest BCUT2D eigenvalue weighted by atomic mass is 32.2. The molecule has 0 bridgehead atoms. The second kappa shape index (κ2) is 8.58. The van der Waals surface area contributed by atoms with E-state index < -0.39 is 15.4 Å². The lowest BCUT2D eigenvalue weighted by Gasteiger charge is -2.44. The molecule has 10 heteroatoms. The van der Waals surface area contributed by atoms with Crippen LogP contribution in [0.5, 0.6) is 0 Å². The van der Waals surface area contributed by atoms with Gasteiger partial charge in [-0.3, -0.25) is 4.79 Å². The van der Waals surface area contributed by atoms with Gasteiger partial charge in [0, 0.05) is 24.7 Å². The first-order valence-electron chi connectivity index (χ1n) is 11.4. The Morgan fingerprint density at radius 3 is 2.58 bits per heavy atom. The van der Waals surface area contributed by atoms with Gasteiger partial charge in [-0.25, -0.2) is 22.5 Å². The summed E-state index contributed by atoms with van der Waals surface area (Å²) in [6.45, 7) is 0.283. The fraction of sp³-hybridized carbons (Fsp3) is 0.192. The highest BCUT2D eigenvalue weighted by molar-refractivity contribution is 7.89. The van der Waals surface area contributed by atoms with E-state index in [2.05, 4.69) is 10.1 Å². The van der Waals surface area contributed by atoms with Crippen LogP contribution < -0.4 is 0 Å². The molecule has 36 heavy (non-hydrogen) atoms. The van der Waals surface area contributed by atoms with E-state index in [1.807, 2.05) is 6.08 Å². The first-order valence-corrected chi connectivity index (χ1v) is 13.7. The molecule has 6 rings (SSSR count). The van der Waals surface area contributed by atoms with Crippen molar-refractivity contribution in [2.24, 2.45) is 5.41 Å². The minimum atomic E-state index is -3.79. The number of carbonyl (C=O) groups is 1. The van der Waals surface area contributed by atoms with Crippen LogP contribution in [0.25, 0.3) is 11.8 Å². The average Bonchev–Trinajstić information content (AvgIpc) is 3.58. The first kappa shape index (κ1) is 23.0. The van der Waals surface area contributed by atoms with Crippen LogP contribution in [0.4, 0.5) is 4.39 Å². The van der Waals surface area contributed by atoms with Crippen molar-refractivity contribution in [2.45, 2.75) is 17.7 Å². The number of hydrogen-bond donors (Lipinski definition) is 0. The summed E-state index contributed by atoms with van der Waals surface area (Å²) in [5.74, 6) is -0.518. The number of carbonyl (C=O) groups excluding carboxylic acids is 1. The Morgan fingerprint density at radius 2 is 1.86 bits per heavy atom. The van der Waals surface area contributed by atoms with Gasteiger partial charge in [0.15, 0.2) is 5.01 Å². The van der Waals surface area contributed by atoms with Crippen molar-refractivity contribution in [1.29, 1.82) is 0 Å². The lowest BCUT2D eigenvalue weighted by Crippen LogP contribution is -2.53. The molecule has 1 atom stereocenters. The zero-order valence-corrected chi connectivity index (χ0v) is 20.7. The van der Waals surface area contributed by atoms with Crippen LogP contribution in [0.1, 0.15) is 27.5 Å². The van der Waals surface area contributed by atoms with Gasteiger partial charge in [-0.15, -0.1) is 11.3 Å². The number of aromatic nitrogens is 3. The van der Waals surface area contributed by atoms with Gasteiger partial charge in [0.1, 0.15) is 5.82 Å². The lowest BCUT2D eigenvalue weighted by atomic mass is 9.66. The van der Waals surface area contributed by atoms with Crippen LogP contribution in [0.2, 0.25) is 0 Å².